The molecule has 0 fully saturated rings. The summed E-state index contributed by atoms with van der Waals surface area (Å²) in [6, 6.07) is 0. The molecule has 0 aliphatic heterocycles. The molecular formula is C7H17O2P. The van der Waals surface area contributed by atoms with E-state index in [1.807, 2.05) is 0 Å². The first kappa shape index (κ1) is 10.3. The number of aliphatic hydroxyl groups is 1. The van der Waals surface area contributed by atoms with Gasteiger partial charge in [0.1, 0.15) is 0 Å². The first-order valence-corrected chi connectivity index (χ1v) is 4.70. The summed E-state index contributed by atoms with van der Waals surface area (Å²) in [4.78, 5) is 0. The van der Waals surface area contributed by atoms with Gasteiger partial charge in [0.25, 0.3) is 0 Å². The molecule has 10 heavy (non-hydrogen) atoms. The lowest BCUT2D eigenvalue weighted by atomic mass is 9.99. The van der Waals surface area contributed by atoms with Gasteiger partial charge in [-0.15, -0.1) is 0 Å². The van der Waals surface area contributed by atoms with Crippen molar-refractivity contribution in [1.29, 1.82) is 0 Å². The quantitative estimate of drug-likeness (QED) is 0.624. The second-order valence-corrected chi connectivity index (χ2v) is 3.79. The third-order valence-electron chi connectivity index (χ3n) is 1.81. The molecule has 0 spiro atoms. The molecule has 3 atom stereocenters. The highest BCUT2D eigenvalue weighted by molar-refractivity contribution is 7.32. The average molecular weight is 164 g/mol. The lowest BCUT2D eigenvalue weighted by Crippen LogP contribution is -2.13. The predicted octanol–water partition coefficient (Wildman–Crippen LogP) is 1.49. The summed E-state index contributed by atoms with van der Waals surface area (Å²) in [5.41, 5.74) is 0. The van der Waals surface area contributed by atoms with Gasteiger partial charge in [-0.2, -0.15) is 0 Å². The highest BCUT2D eigenvalue weighted by Gasteiger charge is 2.09. The van der Waals surface area contributed by atoms with E-state index >= 15 is 0 Å². The van der Waals surface area contributed by atoms with E-state index in [9.17, 15) is 0 Å². The maximum atomic E-state index is 8.77. The fraction of sp³-hybridized carbons (Fsp3) is 1.00. The Balaban J connectivity index is 3.31. The van der Waals surface area contributed by atoms with E-state index in [-0.39, 0.29) is 6.61 Å². The van der Waals surface area contributed by atoms with E-state index in [1.54, 1.807) is 7.11 Å². The SMILES string of the molecule is COPC[C@H](C)[C@H](C)CO. The van der Waals surface area contributed by atoms with Crippen molar-refractivity contribution >= 4 is 8.81 Å². The summed E-state index contributed by atoms with van der Waals surface area (Å²) in [7, 11) is 2.30. The van der Waals surface area contributed by atoms with Crippen LogP contribution in [0.15, 0.2) is 0 Å². The van der Waals surface area contributed by atoms with E-state index in [0.717, 1.165) is 6.16 Å². The molecule has 0 aliphatic rings. The molecule has 0 aromatic carbocycles. The second-order valence-electron chi connectivity index (χ2n) is 2.69. The molecule has 0 heterocycles. The van der Waals surface area contributed by atoms with Crippen LogP contribution in [0.2, 0.25) is 0 Å². The van der Waals surface area contributed by atoms with Gasteiger partial charge in [0.15, 0.2) is 0 Å². The van der Waals surface area contributed by atoms with Crippen LogP contribution < -0.4 is 0 Å². The summed E-state index contributed by atoms with van der Waals surface area (Å²) < 4.78 is 4.95. The number of hydrogen-bond donors (Lipinski definition) is 1. The van der Waals surface area contributed by atoms with Crippen LogP contribution in [0.25, 0.3) is 0 Å². The van der Waals surface area contributed by atoms with Crippen LogP contribution in [-0.2, 0) is 4.52 Å². The average Bonchev–Trinajstić information content (AvgIpc) is 1.98. The molecule has 1 N–H and O–H groups in total. The molecule has 0 aromatic rings. The van der Waals surface area contributed by atoms with Crippen molar-refractivity contribution in [1.82, 2.24) is 0 Å². The van der Waals surface area contributed by atoms with Crippen molar-refractivity contribution in [3.8, 4) is 0 Å². The largest absolute Gasteiger partial charge is 0.396 e. The van der Waals surface area contributed by atoms with Crippen LogP contribution in [0.1, 0.15) is 13.8 Å². The zero-order chi connectivity index (χ0) is 7.98. The van der Waals surface area contributed by atoms with Crippen LogP contribution in [-0.4, -0.2) is 25.0 Å². The van der Waals surface area contributed by atoms with Crippen LogP contribution in [0.4, 0.5) is 0 Å². The lowest BCUT2D eigenvalue weighted by Gasteiger charge is -2.16. The maximum Gasteiger partial charge on any atom is 0.0459 e. The Labute approximate surface area is 64.8 Å². The Morgan fingerprint density at radius 2 is 2.00 bits per heavy atom. The zero-order valence-corrected chi connectivity index (χ0v) is 7.92. The number of aliphatic hydroxyl groups excluding tert-OH is 1. The van der Waals surface area contributed by atoms with Crippen molar-refractivity contribution < 1.29 is 9.63 Å². The minimum Gasteiger partial charge on any atom is -0.396 e. The smallest absolute Gasteiger partial charge is 0.0459 e. The number of hydrogen-bond acceptors (Lipinski definition) is 2. The van der Waals surface area contributed by atoms with Crippen molar-refractivity contribution in [2.24, 2.45) is 11.8 Å². The standard InChI is InChI=1S/C7H17O2P/c1-6(4-8)7(2)5-10-9-3/h6-8,10H,4-5H2,1-3H3/t6-,7+/m1/s1. The fourth-order valence-electron chi connectivity index (χ4n) is 0.596. The van der Waals surface area contributed by atoms with Gasteiger partial charge in [-0.1, -0.05) is 13.8 Å². The van der Waals surface area contributed by atoms with E-state index in [0.29, 0.717) is 20.6 Å². The van der Waals surface area contributed by atoms with Gasteiger partial charge in [0, 0.05) is 22.5 Å². The minimum atomic E-state index is 0.287. The molecule has 0 aromatic heterocycles. The summed E-state index contributed by atoms with van der Waals surface area (Å²) >= 11 is 0. The molecule has 0 radical (unpaired) electrons. The van der Waals surface area contributed by atoms with Gasteiger partial charge in [-0.3, -0.25) is 0 Å². The van der Waals surface area contributed by atoms with Crippen molar-refractivity contribution in [2.45, 2.75) is 13.8 Å². The van der Waals surface area contributed by atoms with Gasteiger partial charge in [0.05, 0.1) is 0 Å². The summed E-state index contributed by atoms with van der Waals surface area (Å²) in [6.07, 6.45) is 1.07. The van der Waals surface area contributed by atoms with Gasteiger partial charge in [-0.05, 0) is 18.0 Å². The van der Waals surface area contributed by atoms with Crippen LogP contribution in [0.3, 0.4) is 0 Å². The third kappa shape index (κ3) is 4.21. The van der Waals surface area contributed by atoms with E-state index in [1.165, 1.54) is 0 Å². The lowest BCUT2D eigenvalue weighted by molar-refractivity contribution is 0.204. The van der Waals surface area contributed by atoms with E-state index in [4.69, 9.17) is 9.63 Å². The van der Waals surface area contributed by atoms with Crippen LogP contribution in [0.5, 0.6) is 0 Å². The van der Waals surface area contributed by atoms with Gasteiger partial charge < -0.3 is 9.63 Å². The summed E-state index contributed by atoms with van der Waals surface area (Å²) in [5, 5.41) is 8.77. The van der Waals surface area contributed by atoms with Crippen molar-refractivity contribution in [3.63, 3.8) is 0 Å². The molecule has 1 unspecified atom stereocenters. The summed E-state index contributed by atoms with van der Waals surface area (Å²) in [6.45, 7) is 4.49. The fourth-order valence-corrected chi connectivity index (χ4v) is 1.43. The highest BCUT2D eigenvalue weighted by Crippen LogP contribution is 2.20. The molecule has 0 rings (SSSR count). The number of rotatable bonds is 5. The molecule has 0 bridgehead atoms. The Hall–Kier alpha value is 0.350. The molecule has 0 saturated carbocycles. The molecule has 2 nitrogen and oxygen atoms in total. The molecule has 3 heteroatoms. The Morgan fingerprint density at radius 1 is 1.40 bits per heavy atom. The Kier molecular flexibility index (Phi) is 6.30. The summed E-state index contributed by atoms with van der Waals surface area (Å²) in [5.74, 6) is 0.978. The topological polar surface area (TPSA) is 29.5 Å². The van der Waals surface area contributed by atoms with Gasteiger partial charge in [-0.25, -0.2) is 0 Å². The van der Waals surface area contributed by atoms with Crippen LogP contribution >= 0.6 is 8.81 Å². The first-order valence-electron chi connectivity index (χ1n) is 3.59. The zero-order valence-electron chi connectivity index (χ0n) is 6.92. The Bertz CT molecular complexity index is 78.0. The van der Waals surface area contributed by atoms with E-state index in [2.05, 4.69) is 13.8 Å². The monoisotopic (exact) mass is 164 g/mol. The minimum absolute atomic E-state index is 0.287. The first-order chi connectivity index (χ1) is 4.72. The van der Waals surface area contributed by atoms with Crippen molar-refractivity contribution in [2.75, 3.05) is 19.9 Å². The van der Waals surface area contributed by atoms with Gasteiger partial charge in [0.2, 0.25) is 0 Å². The third-order valence-corrected chi connectivity index (χ3v) is 2.91. The van der Waals surface area contributed by atoms with Gasteiger partial charge >= 0.3 is 0 Å². The molecule has 0 saturated heterocycles. The molecular weight excluding hydrogens is 147 g/mol. The maximum absolute atomic E-state index is 8.77. The molecule has 62 valence electrons. The molecule has 0 aliphatic carbocycles. The van der Waals surface area contributed by atoms with E-state index < -0.39 is 0 Å². The normalized spacial score (nSPS) is 18.0. The second kappa shape index (κ2) is 6.09. The Morgan fingerprint density at radius 3 is 2.40 bits per heavy atom. The molecule has 0 amide bonds. The van der Waals surface area contributed by atoms with Crippen LogP contribution in [0, 0.1) is 11.8 Å². The van der Waals surface area contributed by atoms with Crippen molar-refractivity contribution in [3.05, 3.63) is 0 Å². The predicted molar refractivity (Wildman–Crippen MR) is 45.6 cm³/mol. The highest BCUT2D eigenvalue weighted by atomic mass is 31.1.